The molecule has 0 aliphatic carbocycles. The third kappa shape index (κ3) is 2.57. The molecule has 4 aliphatic heterocycles. The minimum atomic E-state index is 0.860. The first kappa shape index (κ1) is 12.6. The molecule has 0 aromatic heterocycles. The van der Waals surface area contributed by atoms with Gasteiger partial charge in [-0.15, -0.1) is 0 Å². The van der Waals surface area contributed by atoms with Gasteiger partial charge >= 0.3 is 0 Å². The van der Waals surface area contributed by atoms with Gasteiger partial charge in [0.15, 0.2) is 0 Å². The zero-order valence-electron chi connectivity index (χ0n) is 12.2. The standard InChI is InChI=1S/C16H29N3/c1-2-7-19(8-3-1)15-6-9-18(12-15)11-13-10-14-4-5-16(13)17-14/h13-17H,1-12H2. The molecular weight excluding hydrogens is 234 g/mol. The number of nitrogens with one attached hydrogen (secondary N) is 1. The molecule has 4 rings (SSSR count). The van der Waals surface area contributed by atoms with E-state index in [-0.39, 0.29) is 0 Å². The summed E-state index contributed by atoms with van der Waals surface area (Å²) in [6.45, 7) is 6.82. The van der Waals surface area contributed by atoms with Gasteiger partial charge in [0.25, 0.3) is 0 Å². The van der Waals surface area contributed by atoms with Crippen LogP contribution >= 0.6 is 0 Å². The Morgan fingerprint density at radius 2 is 1.84 bits per heavy atom. The second-order valence-corrected chi connectivity index (χ2v) is 7.34. The molecule has 4 fully saturated rings. The number of hydrogen-bond donors (Lipinski definition) is 1. The summed E-state index contributed by atoms with van der Waals surface area (Å²) in [6, 6.07) is 2.61. The molecule has 4 heterocycles. The molecule has 4 saturated heterocycles. The summed E-state index contributed by atoms with van der Waals surface area (Å²) >= 11 is 0. The van der Waals surface area contributed by atoms with Crippen molar-refractivity contribution in [1.82, 2.24) is 15.1 Å². The summed E-state index contributed by atoms with van der Waals surface area (Å²) in [5, 5.41) is 3.79. The van der Waals surface area contributed by atoms with Gasteiger partial charge in [-0.1, -0.05) is 6.42 Å². The van der Waals surface area contributed by atoms with Crippen molar-refractivity contribution in [3.05, 3.63) is 0 Å². The van der Waals surface area contributed by atoms with Gasteiger partial charge in [-0.25, -0.2) is 0 Å². The van der Waals surface area contributed by atoms with E-state index in [2.05, 4.69) is 15.1 Å². The lowest BCUT2D eigenvalue weighted by atomic mass is 9.89. The van der Waals surface area contributed by atoms with Crippen molar-refractivity contribution in [2.45, 2.75) is 63.1 Å². The lowest BCUT2D eigenvalue weighted by molar-refractivity contribution is 0.156. The van der Waals surface area contributed by atoms with Crippen molar-refractivity contribution >= 4 is 0 Å². The highest BCUT2D eigenvalue weighted by atomic mass is 15.3. The van der Waals surface area contributed by atoms with Gasteiger partial charge in [0.1, 0.15) is 0 Å². The van der Waals surface area contributed by atoms with E-state index in [9.17, 15) is 0 Å². The molecular formula is C16H29N3. The van der Waals surface area contributed by atoms with Gasteiger partial charge in [-0.05, 0) is 64.1 Å². The number of rotatable bonds is 3. The molecule has 1 N–H and O–H groups in total. The number of hydrogen-bond acceptors (Lipinski definition) is 3. The zero-order valence-corrected chi connectivity index (χ0v) is 12.2. The first-order valence-corrected chi connectivity index (χ1v) is 8.61. The fraction of sp³-hybridized carbons (Fsp3) is 1.00. The van der Waals surface area contributed by atoms with Crippen LogP contribution in [0.1, 0.15) is 44.9 Å². The first-order chi connectivity index (χ1) is 9.38. The largest absolute Gasteiger partial charge is 0.311 e. The van der Waals surface area contributed by atoms with Gasteiger partial charge in [0.05, 0.1) is 0 Å². The molecule has 0 radical (unpaired) electrons. The normalized spacial score (nSPS) is 44.2. The number of piperidine rings is 1. The summed E-state index contributed by atoms with van der Waals surface area (Å²) in [7, 11) is 0. The molecule has 108 valence electrons. The number of likely N-dealkylation sites (tertiary alicyclic amines) is 2. The SMILES string of the molecule is C1CCN(C2CCN(CC3CC4CCC3N4)C2)CC1. The Balaban J connectivity index is 1.27. The third-order valence-electron chi connectivity index (χ3n) is 6.08. The molecule has 0 saturated carbocycles. The van der Waals surface area contributed by atoms with Crippen LogP contribution in [0.4, 0.5) is 0 Å². The second-order valence-electron chi connectivity index (χ2n) is 7.34. The van der Waals surface area contributed by atoms with Gasteiger partial charge in [-0.2, -0.15) is 0 Å². The van der Waals surface area contributed by atoms with Crippen molar-refractivity contribution in [3.8, 4) is 0 Å². The second kappa shape index (κ2) is 5.34. The molecule has 4 aliphatic rings. The Kier molecular flexibility index (Phi) is 3.55. The summed E-state index contributed by atoms with van der Waals surface area (Å²) in [4.78, 5) is 5.55. The predicted octanol–water partition coefficient (Wildman–Crippen LogP) is 1.69. The van der Waals surface area contributed by atoms with E-state index in [0.29, 0.717) is 0 Å². The van der Waals surface area contributed by atoms with E-state index in [4.69, 9.17) is 0 Å². The maximum atomic E-state index is 3.79. The number of fused-ring (bicyclic) bond motifs is 2. The fourth-order valence-corrected chi connectivity index (χ4v) is 5.03. The minimum Gasteiger partial charge on any atom is -0.311 e. The topological polar surface area (TPSA) is 18.5 Å². The van der Waals surface area contributed by atoms with Gasteiger partial charge in [0, 0.05) is 31.2 Å². The molecule has 19 heavy (non-hydrogen) atoms. The van der Waals surface area contributed by atoms with Gasteiger partial charge < -0.3 is 10.2 Å². The van der Waals surface area contributed by atoms with Crippen molar-refractivity contribution in [2.75, 3.05) is 32.7 Å². The van der Waals surface area contributed by atoms with Crippen molar-refractivity contribution in [3.63, 3.8) is 0 Å². The summed E-state index contributed by atoms with van der Waals surface area (Å²) in [6.07, 6.45) is 10.1. The van der Waals surface area contributed by atoms with Gasteiger partial charge in [-0.3, -0.25) is 4.90 Å². The van der Waals surface area contributed by atoms with Crippen LogP contribution in [0.3, 0.4) is 0 Å². The Labute approximate surface area is 117 Å². The smallest absolute Gasteiger partial charge is 0.0235 e. The van der Waals surface area contributed by atoms with E-state index < -0.39 is 0 Å². The average Bonchev–Trinajstić information content (AvgIpc) is 3.16. The van der Waals surface area contributed by atoms with Crippen LogP contribution in [-0.2, 0) is 0 Å². The maximum Gasteiger partial charge on any atom is 0.0235 e. The predicted molar refractivity (Wildman–Crippen MR) is 78.3 cm³/mol. The molecule has 4 unspecified atom stereocenters. The Morgan fingerprint density at radius 1 is 0.947 bits per heavy atom. The summed E-state index contributed by atoms with van der Waals surface area (Å²) in [5.74, 6) is 0.957. The molecule has 0 spiro atoms. The first-order valence-electron chi connectivity index (χ1n) is 8.61. The fourth-order valence-electron chi connectivity index (χ4n) is 5.03. The minimum absolute atomic E-state index is 0.860. The molecule has 2 bridgehead atoms. The molecule has 0 amide bonds. The zero-order chi connectivity index (χ0) is 12.7. The summed E-state index contributed by atoms with van der Waals surface area (Å²) in [5.41, 5.74) is 0. The van der Waals surface area contributed by atoms with E-state index in [1.807, 2.05) is 0 Å². The highest BCUT2D eigenvalue weighted by Gasteiger charge is 2.40. The molecule has 0 aromatic carbocycles. The van der Waals surface area contributed by atoms with Crippen LogP contribution in [-0.4, -0.2) is 60.6 Å². The lowest BCUT2D eigenvalue weighted by Gasteiger charge is -2.32. The number of nitrogens with zero attached hydrogens (tertiary/aromatic N) is 2. The average molecular weight is 263 g/mol. The monoisotopic (exact) mass is 263 g/mol. The van der Waals surface area contributed by atoms with Crippen molar-refractivity contribution < 1.29 is 0 Å². The Morgan fingerprint density at radius 3 is 2.58 bits per heavy atom. The lowest BCUT2D eigenvalue weighted by Crippen LogP contribution is -2.42. The molecule has 3 heteroatoms. The highest BCUT2D eigenvalue weighted by molar-refractivity contribution is 4.99. The van der Waals surface area contributed by atoms with Crippen LogP contribution in [0.5, 0.6) is 0 Å². The van der Waals surface area contributed by atoms with Crippen LogP contribution in [0.15, 0.2) is 0 Å². The highest BCUT2D eigenvalue weighted by Crippen LogP contribution is 2.34. The van der Waals surface area contributed by atoms with Crippen molar-refractivity contribution in [2.24, 2.45) is 5.92 Å². The molecule has 3 nitrogen and oxygen atoms in total. The van der Waals surface area contributed by atoms with Crippen LogP contribution in [0.25, 0.3) is 0 Å². The van der Waals surface area contributed by atoms with Crippen molar-refractivity contribution in [1.29, 1.82) is 0 Å². The maximum absolute atomic E-state index is 3.79. The van der Waals surface area contributed by atoms with E-state index in [0.717, 1.165) is 24.0 Å². The van der Waals surface area contributed by atoms with E-state index in [1.54, 1.807) is 0 Å². The van der Waals surface area contributed by atoms with Crippen LogP contribution in [0.2, 0.25) is 0 Å². The van der Waals surface area contributed by atoms with Gasteiger partial charge in [0.2, 0.25) is 0 Å². The molecule has 4 atom stereocenters. The Hall–Kier alpha value is -0.120. The Bertz CT molecular complexity index is 313. The van der Waals surface area contributed by atoms with Crippen LogP contribution < -0.4 is 5.32 Å². The quantitative estimate of drug-likeness (QED) is 0.836. The van der Waals surface area contributed by atoms with E-state index in [1.165, 1.54) is 77.7 Å². The van der Waals surface area contributed by atoms with E-state index >= 15 is 0 Å². The van der Waals surface area contributed by atoms with Crippen LogP contribution in [0, 0.1) is 5.92 Å². The molecule has 0 aromatic rings. The third-order valence-corrected chi connectivity index (χ3v) is 6.08. The summed E-state index contributed by atoms with van der Waals surface area (Å²) < 4.78 is 0.